The SMILES string of the molecule is CC(N)(c1ccc(Cl)cc1)c1ccccc1OC(F)(F)F. The molecule has 0 heterocycles. The quantitative estimate of drug-likeness (QED) is 0.907. The maximum atomic E-state index is 12.5. The molecule has 2 aromatic rings. The largest absolute Gasteiger partial charge is 0.573 e. The van der Waals surface area contributed by atoms with Crippen LogP contribution in [0.1, 0.15) is 18.1 Å². The fraction of sp³-hybridized carbons (Fsp3) is 0.200. The van der Waals surface area contributed by atoms with E-state index in [-0.39, 0.29) is 11.3 Å². The molecule has 2 N–H and O–H groups in total. The highest BCUT2D eigenvalue weighted by Gasteiger charge is 2.35. The van der Waals surface area contributed by atoms with Gasteiger partial charge in [-0.25, -0.2) is 0 Å². The number of halogens is 4. The summed E-state index contributed by atoms with van der Waals surface area (Å²) in [4.78, 5) is 0. The summed E-state index contributed by atoms with van der Waals surface area (Å²) in [6, 6.07) is 12.4. The highest BCUT2D eigenvalue weighted by molar-refractivity contribution is 6.30. The van der Waals surface area contributed by atoms with E-state index in [1.807, 2.05) is 0 Å². The van der Waals surface area contributed by atoms with Crippen molar-refractivity contribution in [1.82, 2.24) is 0 Å². The van der Waals surface area contributed by atoms with Crippen molar-refractivity contribution in [3.8, 4) is 5.75 Å². The van der Waals surface area contributed by atoms with E-state index >= 15 is 0 Å². The highest BCUT2D eigenvalue weighted by atomic mass is 35.5. The average molecular weight is 316 g/mol. The van der Waals surface area contributed by atoms with Crippen molar-refractivity contribution in [3.05, 3.63) is 64.7 Å². The first-order valence-corrected chi connectivity index (χ1v) is 6.48. The molecule has 0 amide bonds. The lowest BCUT2D eigenvalue weighted by molar-refractivity contribution is -0.275. The maximum absolute atomic E-state index is 12.5. The summed E-state index contributed by atoms with van der Waals surface area (Å²) in [5.74, 6) is -0.315. The molecule has 1 atom stereocenters. The van der Waals surface area contributed by atoms with Crippen LogP contribution in [0, 0.1) is 0 Å². The molecule has 2 nitrogen and oxygen atoms in total. The normalized spacial score (nSPS) is 14.6. The van der Waals surface area contributed by atoms with Gasteiger partial charge in [-0.1, -0.05) is 41.9 Å². The molecular formula is C15H13ClF3NO. The zero-order valence-corrected chi connectivity index (χ0v) is 11.9. The predicted molar refractivity (Wildman–Crippen MR) is 75.2 cm³/mol. The Bertz CT molecular complexity index is 624. The number of ether oxygens (including phenoxy) is 1. The van der Waals surface area contributed by atoms with Crippen molar-refractivity contribution in [1.29, 1.82) is 0 Å². The van der Waals surface area contributed by atoms with Crippen LogP contribution in [0.3, 0.4) is 0 Å². The van der Waals surface area contributed by atoms with Gasteiger partial charge >= 0.3 is 6.36 Å². The van der Waals surface area contributed by atoms with Crippen molar-refractivity contribution < 1.29 is 17.9 Å². The minimum Gasteiger partial charge on any atom is -0.405 e. The molecule has 21 heavy (non-hydrogen) atoms. The van der Waals surface area contributed by atoms with Gasteiger partial charge in [-0.3, -0.25) is 0 Å². The highest BCUT2D eigenvalue weighted by Crippen LogP contribution is 2.36. The number of alkyl halides is 3. The third kappa shape index (κ3) is 3.68. The topological polar surface area (TPSA) is 35.2 Å². The molecule has 0 saturated carbocycles. The summed E-state index contributed by atoms with van der Waals surface area (Å²) < 4.78 is 41.5. The maximum Gasteiger partial charge on any atom is 0.573 e. The zero-order chi connectivity index (χ0) is 15.7. The summed E-state index contributed by atoms with van der Waals surface area (Å²) in [7, 11) is 0. The summed E-state index contributed by atoms with van der Waals surface area (Å²) in [5.41, 5.74) is 5.96. The summed E-state index contributed by atoms with van der Waals surface area (Å²) in [5, 5.41) is 0.523. The molecular weight excluding hydrogens is 303 g/mol. The second-order valence-corrected chi connectivity index (χ2v) is 5.19. The van der Waals surface area contributed by atoms with Crippen LogP contribution in [-0.2, 0) is 5.54 Å². The summed E-state index contributed by atoms with van der Waals surface area (Å²) >= 11 is 5.81. The molecule has 0 aliphatic heterocycles. The summed E-state index contributed by atoms with van der Waals surface area (Å²) in [6.07, 6.45) is -4.77. The lowest BCUT2D eigenvalue weighted by atomic mass is 9.85. The lowest BCUT2D eigenvalue weighted by Crippen LogP contribution is -2.35. The van der Waals surface area contributed by atoms with Gasteiger partial charge in [0, 0.05) is 10.6 Å². The molecule has 0 bridgehead atoms. The fourth-order valence-corrected chi connectivity index (χ4v) is 2.19. The van der Waals surface area contributed by atoms with Gasteiger partial charge in [0.25, 0.3) is 0 Å². The Kier molecular flexibility index (Phi) is 4.16. The van der Waals surface area contributed by atoms with Gasteiger partial charge in [0.2, 0.25) is 0 Å². The van der Waals surface area contributed by atoms with E-state index in [1.54, 1.807) is 37.3 Å². The van der Waals surface area contributed by atoms with Crippen LogP contribution >= 0.6 is 11.6 Å². The van der Waals surface area contributed by atoms with E-state index in [0.717, 1.165) is 0 Å². The van der Waals surface area contributed by atoms with Gasteiger partial charge in [0.15, 0.2) is 0 Å². The number of rotatable bonds is 3. The number of benzene rings is 2. The van der Waals surface area contributed by atoms with E-state index in [9.17, 15) is 13.2 Å². The minimum atomic E-state index is -4.77. The van der Waals surface area contributed by atoms with Crippen LogP contribution in [0.4, 0.5) is 13.2 Å². The zero-order valence-electron chi connectivity index (χ0n) is 11.1. The Balaban J connectivity index is 2.47. The molecule has 2 rings (SSSR count). The molecule has 0 saturated heterocycles. The Morgan fingerprint density at radius 2 is 1.57 bits per heavy atom. The van der Waals surface area contributed by atoms with E-state index in [4.69, 9.17) is 17.3 Å². The molecule has 0 aromatic heterocycles. The van der Waals surface area contributed by atoms with Gasteiger partial charge in [0.1, 0.15) is 5.75 Å². The van der Waals surface area contributed by atoms with Gasteiger partial charge < -0.3 is 10.5 Å². The van der Waals surface area contributed by atoms with Crippen LogP contribution in [0.15, 0.2) is 48.5 Å². The molecule has 0 fully saturated rings. The number of nitrogens with two attached hydrogens (primary N) is 1. The third-order valence-electron chi connectivity index (χ3n) is 3.12. The molecule has 0 aliphatic rings. The standard InChI is InChI=1S/C15H13ClF3NO/c1-14(20,10-6-8-11(16)9-7-10)12-4-2-3-5-13(12)21-15(17,18)19/h2-9H,20H2,1H3. The molecule has 1 unspecified atom stereocenters. The van der Waals surface area contributed by atoms with Crippen molar-refractivity contribution in [3.63, 3.8) is 0 Å². The van der Waals surface area contributed by atoms with Crippen LogP contribution in [-0.4, -0.2) is 6.36 Å². The second-order valence-electron chi connectivity index (χ2n) is 4.75. The monoisotopic (exact) mass is 315 g/mol. The Morgan fingerprint density at radius 1 is 1.00 bits per heavy atom. The first-order valence-electron chi connectivity index (χ1n) is 6.10. The second kappa shape index (κ2) is 5.58. The van der Waals surface area contributed by atoms with Crippen molar-refractivity contribution >= 4 is 11.6 Å². The fourth-order valence-electron chi connectivity index (χ4n) is 2.06. The van der Waals surface area contributed by atoms with Crippen LogP contribution in [0.5, 0.6) is 5.75 Å². The smallest absolute Gasteiger partial charge is 0.405 e. The van der Waals surface area contributed by atoms with Gasteiger partial charge in [-0.15, -0.1) is 13.2 Å². The number of hydrogen-bond acceptors (Lipinski definition) is 2. The Hall–Kier alpha value is -1.72. The van der Waals surface area contributed by atoms with Gasteiger partial charge in [0.05, 0.1) is 5.54 Å². The number of para-hydroxylation sites is 1. The van der Waals surface area contributed by atoms with E-state index < -0.39 is 11.9 Å². The average Bonchev–Trinajstić information content (AvgIpc) is 2.37. The molecule has 0 aliphatic carbocycles. The first kappa shape index (κ1) is 15.7. The molecule has 6 heteroatoms. The van der Waals surface area contributed by atoms with E-state index in [1.165, 1.54) is 18.2 Å². The molecule has 2 aromatic carbocycles. The first-order chi connectivity index (χ1) is 9.70. The van der Waals surface area contributed by atoms with Crippen molar-refractivity contribution in [2.24, 2.45) is 5.73 Å². The lowest BCUT2D eigenvalue weighted by Gasteiger charge is -2.28. The molecule has 112 valence electrons. The minimum absolute atomic E-state index is 0.240. The van der Waals surface area contributed by atoms with Gasteiger partial charge in [-0.2, -0.15) is 0 Å². The van der Waals surface area contributed by atoms with E-state index in [0.29, 0.717) is 10.6 Å². The third-order valence-corrected chi connectivity index (χ3v) is 3.37. The van der Waals surface area contributed by atoms with Crippen molar-refractivity contribution in [2.75, 3.05) is 0 Å². The number of hydrogen-bond donors (Lipinski definition) is 1. The molecule has 0 spiro atoms. The Labute approximate surface area is 125 Å². The predicted octanol–water partition coefficient (Wildman–Crippen LogP) is 4.46. The molecule has 0 radical (unpaired) electrons. The van der Waals surface area contributed by atoms with Crippen LogP contribution in [0.2, 0.25) is 5.02 Å². The van der Waals surface area contributed by atoms with Gasteiger partial charge in [-0.05, 0) is 30.7 Å². The van der Waals surface area contributed by atoms with Crippen LogP contribution < -0.4 is 10.5 Å². The van der Waals surface area contributed by atoms with Crippen LogP contribution in [0.25, 0.3) is 0 Å². The Morgan fingerprint density at radius 3 is 2.14 bits per heavy atom. The van der Waals surface area contributed by atoms with Crippen molar-refractivity contribution in [2.45, 2.75) is 18.8 Å². The summed E-state index contributed by atoms with van der Waals surface area (Å²) in [6.45, 7) is 1.62. The van der Waals surface area contributed by atoms with E-state index in [2.05, 4.69) is 4.74 Å².